The third-order valence-corrected chi connectivity index (χ3v) is 3.43. The Kier molecular flexibility index (Phi) is 4.68. The molecule has 0 unspecified atom stereocenters. The lowest BCUT2D eigenvalue weighted by molar-refractivity contribution is -0.125. The van der Waals surface area contributed by atoms with E-state index in [9.17, 15) is 9.18 Å². The van der Waals surface area contributed by atoms with Crippen LogP contribution < -0.4 is 10.6 Å². The molecule has 3 nitrogen and oxygen atoms in total. The summed E-state index contributed by atoms with van der Waals surface area (Å²) < 4.78 is 12.8. The fourth-order valence-electron chi connectivity index (χ4n) is 2.18. The molecule has 0 saturated heterocycles. The zero-order valence-electron chi connectivity index (χ0n) is 11.0. The Balaban J connectivity index is 1.89. The number of nitrogens with one attached hydrogen (secondary N) is 2. The first kappa shape index (κ1) is 13.7. The van der Waals surface area contributed by atoms with Gasteiger partial charge in [-0.15, -0.1) is 0 Å². The van der Waals surface area contributed by atoms with Crippen molar-refractivity contribution in [2.75, 3.05) is 6.54 Å². The number of hydrogen-bond acceptors (Lipinski definition) is 2. The molecule has 1 aromatic rings. The van der Waals surface area contributed by atoms with Crippen LogP contribution in [0.25, 0.3) is 0 Å². The van der Waals surface area contributed by atoms with Gasteiger partial charge in [0.2, 0.25) is 5.91 Å². The fraction of sp³-hybridized carbons (Fsp3) is 0.400. The number of hydrogen-bond donors (Lipinski definition) is 2. The van der Waals surface area contributed by atoms with Crippen LogP contribution in [0, 0.1) is 11.7 Å². The predicted molar refractivity (Wildman–Crippen MR) is 73.0 cm³/mol. The quantitative estimate of drug-likeness (QED) is 0.818. The van der Waals surface area contributed by atoms with Gasteiger partial charge in [-0.05, 0) is 31.0 Å². The van der Waals surface area contributed by atoms with Crippen molar-refractivity contribution in [1.82, 2.24) is 10.6 Å². The van der Waals surface area contributed by atoms with Crippen LogP contribution >= 0.6 is 0 Å². The Hall–Kier alpha value is -1.68. The standard InChI is InChI=1S/C15H19FN2O/c1-11-14(4-2-3-9-17-11)15(19)18-10-12-5-7-13(16)8-6-12/h2-3,5-8,11,14,17H,4,9-10H2,1H3,(H,18,19)/t11-,14+/m0/s1. The Bertz CT molecular complexity index is 456. The van der Waals surface area contributed by atoms with Crippen molar-refractivity contribution in [3.8, 4) is 0 Å². The zero-order valence-corrected chi connectivity index (χ0v) is 11.0. The molecule has 1 heterocycles. The minimum Gasteiger partial charge on any atom is -0.352 e. The summed E-state index contributed by atoms with van der Waals surface area (Å²) in [6, 6.07) is 6.33. The maximum Gasteiger partial charge on any atom is 0.225 e. The summed E-state index contributed by atoms with van der Waals surface area (Å²) in [6.07, 6.45) is 4.84. The first-order chi connectivity index (χ1) is 9.16. The highest BCUT2D eigenvalue weighted by Crippen LogP contribution is 2.13. The van der Waals surface area contributed by atoms with Crippen molar-refractivity contribution in [2.24, 2.45) is 5.92 Å². The van der Waals surface area contributed by atoms with Crippen LogP contribution in [0.4, 0.5) is 4.39 Å². The van der Waals surface area contributed by atoms with Gasteiger partial charge < -0.3 is 10.6 Å². The van der Waals surface area contributed by atoms with Crippen molar-refractivity contribution < 1.29 is 9.18 Å². The molecule has 102 valence electrons. The SMILES string of the molecule is C[C@@H]1NCC=CC[C@H]1C(=O)NCc1ccc(F)cc1. The molecule has 1 aromatic carbocycles. The van der Waals surface area contributed by atoms with Gasteiger partial charge in [0.05, 0.1) is 5.92 Å². The van der Waals surface area contributed by atoms with Gasteiger partial charge in [0.25, 0.3) is 0 Å². The Morgan fingerprint density at radius 2 is 2.11 bits per heavy atom. The first-order valence-electron chi connectivity index (χ1n) is 6.57. The first-order valence-corrected chi connectivity index (χ1v) is 6.57. The van der Waals surface area contributed by atoms with Crippen molar-refractivity contribution in [3.63, 3.8) is 0 Å². The van der Waals surface area contributed by atoms with Crippen molar-refractivity contribution in [2.45, 2.75) is 25.9 Å². The highest BCUT2D eigenvalue weighted by atomic mass is 19.1. The molecule has 0 aliphatic carbocycles. The maximum atomic E-state index is 12.8. The van der Waals surface area contributed by atoms with Crippen LogP contribution in [0.2, 0.25) is 0 Å². The molecule has 4 heteroatoms. The van der Waals surface area contributed by atoms with E-state index in [1.807, 2.05) is 19.1 Å². The van der Waals surface area contributed by atoms with E-state index < -0.39 is 0 Å². The average molecular weight is 262 g/mol. The van der Waals surface area contributed by atoms with Crippen LogP contribution in [-0.2, 0) is 11.3 Å². The maximum absolute atomic E-state index is 12.8. The molecule has 0 radical (unpaired) electrons. The van der Waals surface area contributed by atoms with Crippen LogP contribution in [-0.4, -0.2) is 18.5 Å². The molecule has 2 N–H and O–H groups in total. The van der Waals surface area contributed by atoms with Crippen LogP contribution in [0.15, 0.2) is 36.4 Å². The highest BCUT2D eigenvalue weighted by Gasteiger charge is 2.24. The third kappa shape index (κ3) is 3.89. The monoisotopic (exact) mass is 262 g/mol. The molecule has 2 atom stereocenters. The summed E-state index contributed by atoms with van der Waals surface area (Å²) in [6.45, 7) is 3.27. The molecule has 0 aromatic heterocycles. The van der Waals surface area contributed by atoms with Gasteiger partial charge in [0.15, 0.2) is 0 Å². The second kappa shape index (κ2) is 6.48. The van der Waals surface area contributed by atoms with Crippen LogP contribution in [0.3, 0.4) is 0 Å². The lowest BCUT2D eigenvalue weighted by Gasteiger charge is -2.21. The lowest BCUT2D eigenvalue weighted by atomic mass is 9.97. The number of carbonyl (C=O) groups is 1. The Morgan fingerprint density at radius 3 is 2.84 bits per heavy atom. The molecule has 0 saturated carbocycles. The lowest BCUT2D eigenvalue weighted by Crippen LogP contribution is -2.41. The molecular formula is C15H19FN2O. The second-order valence-electron chi connectivity index (χ2n) is 4.85. The molecular weight excluding hydrogens is 243 g/mol. The molecule has 0 fully saturated rings. The number of allylic oxidation sites excluding steroid dienone is 1. The summed E-state index contributed by atoms with van der Waals surface area (Å²) in [7, 11) is 0. The Morgan fingerprint density at radius 1 is 1.37 bits per heavy atom. The van der Waals surface area contributed by atoms with E-state index in [1.165, 1.54) is 12.1 Å². The molecule has 1 amide bonds. The molecule has 0 spiro atoms. The summed E-state index contributed by atoms with van der Waals surface area (Å²) >= 11 is 0. The summed E-state index contributed by atoms with van der Waals surface area (Å²) in [4.78, 5) is 12.1. The molecule has 2 rings (SSSR count). The van der Waals surface area contributed by atoms with Gasteiger partial charge in [-0.2, -0.15) is 0 Å². The topological polar surface area (TPSA) is 41.1 Å². The van der Waals surface area contributed by atoms with E-state index in [4.69, 9.17) is 0 Å². The van der Waals surface area contributed by atoms with E-state index in [-0.39, 0.29) is 23.7 Å². The second-order valence-corrected chi connectivity index (χ2v) is 4.85. The number of rotatable bonds is 3. The Labute approximate surface area is 112 Å². The van der Waals surface area contributed by atoms with Crippen molar-refractivity contribution in [1.29, 1.82) is 0 Å². The number of carbonyl (C=O) groups excluding carboxylic acids is 1. The average Bonchev–Trinajstić information content (AvgIpc) is 2.62. The van der Waals surface area contributed by atoms with E-state index in [2.05, 4.69) is 10.6 Å². The van der Waals surface area contributed by atoms with Crippen LogP contribution in [0.5, 0.6) is 0 Å². The minimum absolute atomic E-state index is 0.0378. The summed E-state index contributed by atoms with van der Waals surface area (Å²) in [5.41, 5.74) is 0.902. The largest absolute Gasteiger partial charge is 0.352 e. The van der Waals surface area contributed by atoms with Gasteiger partial charge in [-0.3, -0.25) is 4.79 Å². The van der Waals surface area contributed by atoms with E-state index >= 15 is 0 Å². The third-order valence-electron chi connectivity index (χ3n) is 3.43. The zero-order chi connectivity index (χ0) is 13.7. The summed E-state index contributed by atoms with van der Waals surface area (Å²) in [5, 5.41) is 6.19. The van der Waals surface area contributed by atoms with Crippen molar-refractivity contribution >= 4 is 5.91 Å². The van der Waals surface area contributed by atoms with Gasteiger partial charge in [0, 0.05) is 19.1 Å². The molecule has 1 aliphatic rings. The normalized spacial score (nSPS) is 22.8. The predicted octanol–water partition coefficient (Wildman–Crippen LogP) is 2.00. The van der Waals surface area contributed by atoms with Gasteiger partial charge in [-0.25, -0.2) is 4.39 Å². The number of benzene rings is 1. The van der Waals surface area contributed by atoms with E-state index in [0.717, 1.165) is 18.5 Å². The molecule has 19 heavy (non-hydrogen) atoms. The number of halogens is 1. The van der Waals surface area contributed by atoms with Gasteiger partial charge in [0.1, 0.15) is 5.82 Å². The molecule has 0 bridgehead atoms. The summed E-state index contributed by atoms with van der Waals surface area (Å²) in [5.74, 6) is -0.281. The van der Waals surface area contributed by atoms with E-state index in [1.54, 1.807) is 12.1 Å². The smallest absolute Gasteiger partial charge is 0.225 e. The van der Waals surface area contributed by atoms with E-state index in [0.29, 0.717) is 6.54 Å². The minimum atomic E-state index is -0.262. The van der Waals surface area contributed by atoms with Gasteiger partial charge in [-0.1, -0.05) is 24.3 Å². The highest BCUT2D eigenvalue weighted by molar-refractivity contribution is 5.79. The fourth-order valence-corrected chi connectivity index (χ4v) is 2.18. The number of amides is 1. The van der Waals surface area contributed by atoms with Crippen molar-refractivity contribution in [3.05, 3.63) is 47.8 Å². The molecule has 1 aliphatic heterocycles. The van der Waals surface area contributed by atoms with Crippen LogP contribution in [0.1, 0.15) is 18.9 Å². The van der Waals surface area contributed by atoms with Gasteiger partial charge >= 0.3 is 0 Å².